The quantitative estimate of drug-likeness (QED) is 0.779. The van der Waals surface area contributed by atoms with Crippen LogP contribution in [0.2, 0.25) is 0 Å². The molecule has 0 radical (unpaired) electrons. The van der Waals surface area contributed by atoms with Gasteiger partial charge in [-0.15, -0.1) is 0 Å². The van der Waals surface area contributed by atoms with Crippen LogP contribution in [0.4, 0.5) is 0 Å². The second-order valence-corrected chi connectivity index (χ2v) is 5.64. The van der Waals surface area contributed by atoms with Crippen LogP contribution in [0.5, 0.6) is 11.5 Å². The average molecular weight is 271 g/mol. The first kappa shape index (κ1) is 15.0. The molecule has 0 aromatic heterocycles. The Kier molecular flexibility index (Phi) is 6.75. The van der Waals surface area contributed by atoms with Gasteiger partial charge < -0.3 is 15.2 Å². The van der Waals surface area contributed by atoms with E-state index in [1.54, 1.807) is 0 Å². The molecule has 4 nitrogen and oxygen atoms in total. The van der Waals surface area contributed by atoms with Crippen LogP contribution < -0.4 is 15.2 Å². The molecule has 18 heavy (non-hydrogen) atoms. The zero-order valence-corrected chi connectivity index (χ0v) is 11.7. The van der Waals surface area contributed by atoms with Crippen molar-refractivity contribution in [3.63, 3.8) is 0 Å². The molecule has 0 aliphatic carbocycles. The van der Waals surface area contributed by atoms with Gasteiger partial charge in [-0.1, -0.05) is 12.1 Å². The molecule has 1 rings (SSSR count). The minimum absolute atomic E-state index is 0.0402. The molecule has 0 aliphatic heterocycles. The molecular formula is C13H21NO3S. The van der Waals surface area contributed by atoms with Gasteiger partial charge in [-0.3, -0.25) is 4.21 Å². The molecule has 5 heteroatoms. The van der Waals surface area contributed by atoms with E-state index in [0.29, 0.717) is 30.5 Å². The largest absolute Gasteiger partial charge is 0.490 e. The highest BCUT2D eigenvalue weighted by molar-refractivity contribution is 7.85. The topological polar surface area (TPSA) is 61.5 Å². The van der Waals surface area contributed by atoms with Crippen molar-refractivity contribution in [2.75, 3.05) is 24.7 Å². The molecule has 2 unspecified atom stereocenters. The van der Waals surface area contributed by atoms with E-state index < -0.39 is 10.8 Å². The second-order valence-electron chi connectivity index (χ2n) is 4.02. The molecule has 102 valence electrons. The average Bonchev–Trinajstić information content (AvgIpc) is 2.30. The summed E-state index contributed by atoms with van der Waals surface area (Å²) in [5.74, 6) is 2.41. The van der Waals surface area contributed by atoms with Crippen LogP contribution in [0, 0.1) is 0 Å². The molecule has 0 amide bonds. The summed E-state index contributed by atoms with van der Waals surface area (Å²) in [7, 11) is -0.925. The minimum atomic E-state index is -0.925. The number of ether oxygens (including phenoxy) is 2. The highest BCUT2D eigenvalue weighted by atomic mass is 32.2. The lowest BCUT2D eigenvalue weighted by Gasteiger charge is -2.11. The third-order valence-corrected chi connectivity index (χ3v) is 3.69. The Labute approximate surface area is 111 Å². The van der Waals surface area contributed by atoms with Gasteiger partial charge >= 0.3 is 0 Å². The van der Waals surface area contributed by atoms with Crippen molar-refractivity contribution in [1.82, 2.24) is 0 Å². The minimum Gasteiger partial charge on any atom is -0.490 e. The van der Waals surface area contributed by atoms with Gasteiger partial charge in [-0.05, 0) is 26.0 Å². The van der Waals surface area contributed by atoms with Crippen molar-refractivity contribution in [1.29, 1.82) is 0 Å². The molecule has 0 heterocycles. The van der Waals surface area contributed by atoms with Crippen LogP contribution in [0.1, 0.15) is 13.8 Å². The second kappa shape index (κ2) is 8.11. The van der Waals surface area contributed by atoms with Crippen molar-refractivity contribution < 1.29 is 13.7 Å². The first-order valence-corrected chi connectivity index (χ1v) is 7.57. The lowest BCUT2D eigenvalue weighted by atomic mass is 10.3. The number of nitrogens with two attached hydrogens (primary N) is 1. The molecule has 1 aromatic rings. The van der Waals surface area contributed by atoms with Gasteiger partial charge in [0.05, 0.1) is 19.0 Å². The van der Waals surface area contributed by atoms with Crippen LogP contribution in [-0.4, -0.2) is 35.0 Å². The number of hydrogen-bond donors (Lipinski definition) is 1. The summed E-state index contributed by atoms with van der Waals surface area (Å²) in [6.07, 6.45) is 0. The summed E-state index contributed by atoms with van der Waals surface area (Å²) in [5.41, 5.74) is 5.59. The van der Waals surface area contributed by atoms with Gasteiger partial charge in [0.2, 0.25) is 0 Å². The van der Waals surface area contributed by atoms with Gasteiger partial charge in [0, 0.05) is 22.6 Å². The normalized spacial score (nSPS) is 13.9. The maximum absolute atomic E-state index is 11.6. The fourth-order valence-corrected chi connectivity index (χ4v) is 2.49. The van der Waals surface area contributed by atoms with Crippen molar-refractivity contribution in [3.8, 4) is 11.5 Å². The summed E-state index contributed by atoms with van der Waals surface area (Å²) in [6, 6.07) is 7.45. The van der Waals surface area contributed by atoms with Crippen LogP contribution in [0.15, 0.2) is 24.3 Å². The molecule has 0 saturated heterocycles. The predicted octanol–water partition coefficient (Wildman–Crippen LogP) is 1.56. The van der Waals surface area contributed by atoms with E-state index in [9.17, 15) is 4.21 Å². The highest BCUT2D eigenvalue weighted by Gasteiger charge is 2.06. The summed E-state index contributed by atoms with van der Waals surface area (Å²) in [5, 5.41) is 0. The third-order valence-electron chi connectivity index (χ3n) is 2.17. The molecular weight excluding hydrogens is 250 g/mol. The van der Waals surface area contributed by atoms with Crippen molar-refractivity contribution in [2.24, 2.45) is 5.73 Å². The Morgan fingerprint density at radius 3 is 2.44 bits per heavy atom. The smallest absolute Gasteiger partial charge is 0.161 e. The van der Waals surface area contributed by atoms with E-state index in [2.05, 4.69) is 0 Å². The standard InChI is InChI=1S/C13H21NO3S/c1-3-16-12-6-4-5-7-13(12)17-8-9-18(15)10-11(2)14/h4-7,11H,3,8-10,14H2,1-2H3. The van der Waals surface area contributed by atoms with E-state index in [0.717, 1.165) is 5.75 Å². The Hall–Kier alpha value is -1.07. The molecule has 1 aromatic carbocycles. The molecule has 0 bridgehead atoms. The van der Waals surface area contributed by atoms with E-state index in [1.807, 2.05) is 38.1 Å². The monoisotopic (exact) mass is 271 g/mol. The molecule has 0 spiro atoms. The van der Waals surface area contributed by atoms with Gasteiger partial charge in [0.25, 0.3) is 0 Å². The SMILES string of the molecule is CCOc1ccccc1OCCS(=O)CC(C)N. The van der Waals surface area contributed by atoms with Crippen LogP contribution in [-0.2, 0) is 10.8 Å². The predicted molar refractivity (Wildman–Crippen MR) is 74.6 cm³/mol. The van der Waals surface area contributed by atoms with Crippen LogP contribution in [0.3, 0.4) is 0 Å². The fourth-order valence-electron chi connectivity index (χ4n) is 1.47. The van der Waals surface area contributed by atoms with E-state index in [4.69, 9.17) is 15.2 Å². The lowest BCUT2D eigenvalue weighted by Crippen LogP contribution is -2.25. The van der Waals surface area contributed by atoms with Gasteiger partial charge in [-0.25, -0.2) is 0 Å². The van der Waals surface area contributed by atoms with Gasteiger partial charge in [-0.2, -0.15) is 0 Å². The lowest BCUT2D eigenvalue weighted by molar-refractivity contribution is 0.289. The van der Waals surface area contributed by atoms with Crippen molar-refractivity contribution in [3.05, 3.63) is 24.3 Å². The van der Waals surface area contributed by atoms with Crippen molar-refractivity contribution >= 4 is 10.8 Å². The summed E-state index contributed by atoms with van der Waals surface area (Å²) >= 11 is 0. The zero-order valence-electron chi connectivity index (χ0n) is 10.9. The van der Waals surface area contributed by atoms with Gasteiger partial charge in [0.15, 0.2) is 11.5 Å². The molecule has 0 fully saturated rings. The third kappa shape index (κ3) is 5.51. The number of hydrogen-bond acceptors (Lipinski definition) is 4. The van der Waals surface area contributed by atoms with Gasteiger partial charge in [0.1, 0.15) is 0 Å². The Balaban J connectivity index is 2.41. The Bertz CT molecular complexity index is 382. The summed E-state index contributed by atoms with van der Waals surface area (Å²) in [4.78, 5) is 0. The van der Waals surface area contributed by atoms with Crippen LogP contribution >= 0.6 is 0 Å². The first-order chi connectivity index (χ1) is 8.63. The van der Waals surface area contributed by atoms with E-state index >= 15 is 0 Å². The highest BCUT2D eigenvalue weighted by Crippen LogP contribution is 2.26. The Morgan fingerprint density at radius 1 is 1.28 bits per heavy atom. The molecule has 2 N–H and O–H groups in total. The maximum atomic E-state index is 11.6. The molecule has 0 saturated carbocycles. The number of benzene rings is 1. The molecule has 2 atom stereocenters. The first-order valence-electron chi connectivity index (χ1n) is 6.08. The Morgan fingerprint density at radius 2 is 1.89 bits per heavy atom. The fraction of sp³-hybridized carbons (Fsp3) is 0.538. The summed E-state index contributed by atoms with van der Waals surface area (Å²) < 4.78 is 22.6. The number of para-hydroxylation sites is 2. The van der Waals surface area contributed by atoms with Crippen molar-refractivity contribution in [2.45, 2.75) is 19.9 Å². The molecule has 0 aliphatic rings. The van der Waals surface area contributed by atoms with Crippen LogP contribution in [0.25, 0.3) is 0 Å². The van der Waals surface area contributed by atoms with E-state index in [-0.39, 0.29) is 6.04 Å². The van der Waals surface area contributed by atoms with E-state index in [1.165, 1.54) is 0 Å². The summed E-state index contributed by atoms with van der Waals surface area (Å²) in [6.45, 7) is 4.78. The number of rotatable bonds is 8. The maximum Gasteiger partial charge on any atom is 0.161 e. The zero-order chi connectivity index (χ0) is 13.4.